The van der Waals surface area contributed by atoms with Gasteiger partial charge in [0, 0.05) is 17.2 Å². The highest BCUT2D eigenvalue weighted by atomic mass is 79.9. The summed E-state index contributed by atoms with van der Waals surface area (Å²) in [6, 6.07) is 1.60. The Kier molecular flexibility index (Phi) is 6.05. The molecule has 0 radical (unpaired) electrons. The Labute approximate surface area is 120 Å². The number of carbonyl (C=O) groups is 1. The summed E-state index contributed by atoms with van der Waals surface area (Å²) in [5, 5.41) is 12.6. The largest absolute Gasteiger partial charge is 0.391 e. The standard InChI is InChI=1S/C12H16BrClN2O2/c1-3-7(2)10(17)6-16-12(18)9-4-8(13)5-15-11(9)14/h4-5,7,10,17H,3,6H2,1-2H3,(H,16,18). The van der Waals surface area contributed by atoms with E-state index in [1.165, 1.54) is 6.20 Å². The van der Waals surface area contributed by atoms with Crippen molar-refractivity contribution >= 4 is 33.4 Å². The fraction of sp³-hybridized carbons (Fsp3) is 0.500. The molecule has 6 heteroatoms. The number of aliphatic hydroxyl groups is 1. The van der Waals surface area contributed by atoms with Crippen LogP contribution >= 0.6 is 27.5 Å². The van der Waals surface area contributed by atoms with E-state index < -0.39 is 6.10 Å². The molecule has 2 N–H and O–H groups in total. The lowest BCUT2D eigenvalue weighted by Gasteiger charge is -2.17. The number of halogens is 2. The van der Waals surface area contributed by atoms with Gasteiger partial charge in [-0.05, 0) is 27.9 Å². The number of aromatic nitrogens is 1. The van der Waals surface area contributed by atoms with Crippen LogP contribution in [0.25, 0.3) is 0 Å². The number of carbonyl (C=O) groups excluding carboxylic acids is 1. The van der Waals surface area contributed by atoms with Crippen LogP contribution in [-0.2, 0) is 0 Å². The van der Waals surface area contributed by atoms with E-state index in [4.69, 9.17) is 11.6 Å². The number of hydrogen-bond donors (Lipinski definition) is 2. The van der Waals surface area contributed by atoms with E-state index in [1.807, 2.05) is 13.8 Å². The molecule has 100 valence electrons. The molecule has 0 saturated carbocycles. The van der Waals surface area contributed by atoms with Gasteiger partial charge in [-0.3, -0.25) is 4.79 Å². The summed E-state index contributed by atoms with van der Waals surface area (Å²) in [6.45, 7) is 4.13. The molecule has 1 aromatic heterocycles. The Bertz CT molecular complexity index is 429. The van der Waals surface area contributed by atoms with E-state index in [0.717, 1.165) is 6.42 Å². The zero-order valence-electron chi connectivity index (χ0n) is 10.3. The Morgan fingerprint density at radius 3 is 2.94 bits per heavy atom. The van der Waals surface area contributed by atoms with E-state index in [0.29, 0.717) is 10.0 Å². The first-order chi connectivity index (χ1) is 8.45. The molecule has 2 atom stereocenters. The van der Waals surface area contributed by atoms with E-state index in [-0.39, 0.29) is 23.5 Å². The molecule has 0 bridgehead atoms. The van der Waals surface area contributed by atoms with Crippen LogP contribution in [0.1, 0.15) is 30.6 Å². The van der Waals surface area contributed by atoms with E-state index in [1.54, 1.807) is 6.07 Å². The topological polar surface area (TPSA) is 62.2 Å². The van der Waals surface area contributed by atoms with Crippen molar-refractivity contribution in [1.29, 1.82) is 0 Å². The van der Waals surface area contributed by atoms with Gasteiger partial charge in [0.15, 0.2) is 0 Å². The Morgan fingerprint density at radius 2 is 2.33 bits per heavy atom. The van der Waals surface area contributed by atoms with Gasteiger partial charge in [0.2, 0.25) is 0 Å². The number of nitrogens with one attached hydrogen (secondary N) is 1. The van der Waals surface area contributed by atoms with Crippen LogP contribution < -0.4 is 5.32 Å². The van der Waals surface area contributed by atoms with Crippen molar-refractivity contribution in [2.75, 3.05) is 6.54 Å². The van der Waals surface area contributed by atoms with Crippen molar-refractivity contribution in [3.63, 3.8) is 0 Å². The third-order valence-electron chi connectivity index (χ3n) is 2.82. The fourth-order valence-corrected chi connectivity index (χ4v) is 1.87. The van der Waals surface area contributed by atoms with Crippen LogP contribution in [0.2, 0.25) is 5.15 Å². The minimum absolute atomic E-state index is 0.140. The Balaban J connectivity index is 2.63. The van der Waals surface area contributed by atoms with Gasteiger partial charge in [-0.15, -0.1) is 0 Å². The molecule has 1 heterocycles. The molecule has 0 aliphatic carbocycles. The maximum Gasteiger partial charge on any atom is 0.254 e. The molecule has 0 aromatic carbocycles. The highest BCUT2D eigenvalue weighted by molar-refractivity contribution is 9.10. The predicted octanol–water partition coefficient (Wildman–Crippen LogP) is 2.63. The molecule has 0 fully saturated rings. The van der Waals surface area contributed by atoms with Gasteiger partial charge in [-0.2, -0.15) is 0 Å². The van der Waals surface area contributed by atoms with Crippen molar-refractivity contribution < 1.29 is 9.90 Å². The lowest BCUT2D eigenvalue weighted by atomic mass is 10.0. The molecule has 1 aromatic rings. The van der Waals surface area contributed by atoms with Crippen molar-refractivity contribution in [3.8, 4) is 0 Å². The number of rotatable bonds is 5. The molecule has 0 aliphatic rings. The fourth-order valence-electron chi connectivity index (χ4n) is 1.35. The molecule has 1 amide bonds. The molecular weight excluding hydrogens is 320 g/mol. The summed E-state index contributed by atoms with van der Waals surface area (Å²) in [7, 11) is 0. The monoisotopic (exact) mass is 334 g/mol. The van der Waals surface area contributed by atoms with Gasteiger partial charge in [0.05, 0.1) is 11.7 Å². The zero-order valence-corrected chi connectivity index (χ0v) is 12.6. The van der Waals surface area contributed by atoms with Crippen molar-refractivity contribution in [2.24, 2.45) is 5.92 Å². The van der Waals surface area contributed by atoms with Gasteiger partial charge < -0.3 is 10.4 Å². The second-order valence-corrected chi connectivity index (χ2v) is 5.43. The second kappa shape index (κ2) is 7.07. The lowest BCUT2D eigenvalue weighted by Crippen LogP contribution is -2.35. The van der Waals surface area contributed by atoms with E-state index >= 15 is 0 Å². The van der Waals surface area contributed by atoms with Crippen LogP contribution in [-0.4, -0.2) is 28.6 Å². The van der Waals surface area contributed by atoms with E-state index in [9.17, 15) is 9.90 Å². The van der Waals surface area contributed by atoms with Gasteiger partial charge >= 0.3 is 0 Å². The maximum atomic E-state index is 11.9. The smallest absolute Gasteiger partial charge is 0.254 e. The maximum absolute atomic E-state index is 11.9. The number of amides is 1. The SMILES string of the molecule is CCC(C)C(O)CNC(=O)c1cc(Br)cnc1Cl. The van der Waals surface area contributed by atoms with Crippen LogP contribution in [0.3, 0.4) is 0 Å². The number of aliphatic hydroxyl groups excluding tert-OH is 1. The average molecular weight is 336 g/mol. The van der Waals surface area contributed by atoms with Gasteiger partial charge in [0.25, 0.3) is 5.91 Å². The number of hydrogen-bond acceptors (Lipinski definition) is 3. The van der Waals surface area contributed by atoms with Gasteiger partial charge in [0.1, 0.15) is 5.15 Å². The third-order valence-corrected chi connectivity index (χ3v) is 3.56. The average Bonchev–Trinajstić information content (AvgIpc) is 2.37. The highest BCUT2D eigenvalue weighted by Gasteiger charge is 2.16. The van der Waals surface area contributed by atoms with Crippen molar-refractivity contribution in [3.05, 3.63) is 27.5 Å². The van der Waals surface area contributed by atoms with Gasteiger partial charge in [-0.25, -0.2) is 4.98 Å². The summed E-state index contributed by atoms with van der Waals surface area (Å²) < 4.78 is 0.680. The Hall–Kier alpha value is -0.650. The first-order valence-electron chi connectivity index (χ1n) is 5.73. The first-order valence-corrected chi connectivity index (χ1v) is 6.90. The predicted molar refractivity (Wildman–Crippen MR) is 74.7 cm³/mol. The molecular formula is C12H16BrClN2O2. The third kappa shape index (κ3) is 4.23. The molecule has 0 spiro atoms. The lowest BCUT2D eigenvalue weighted by molar-refractivity contribution is 0.0850. The first kappa shape index (κ1) is 15.4. The molecule has 1 rings (SSSR count). The number of pyridine rings is 1. The second-order valence-electron chi connectivity index (χ2n) is 4.15. The molecule has 0 aliphatic heterocycles. The highest BCUT2D eigenvalue weighted by Crippen LogP contribution is 2.18. The van der Waals surface area contributed by atoms with Crippen LogP contribution in [0.5, 0.6) is 0 Å². The van der Waals surface area contributed by atoms with Crippen LogP contribution in [0.4, 0.5) is 0 Å². The molecule has 2 unspecified atom stereocenters. The molecule has 18 heavy (non-hydrogen) atoms. The van der Waals surface area contributed by atoms with E-state index in [2.05, 4.69) is 26.2 Å². The number of nitrogens with zero attached hydrogens (tertiary/aromatic N) is 1. The summed E-state index contributed by atoms with van der Waals surface area (Å²) in [5.41, 5.74) is 0.294. The quantitative estimate of drug-likeness (QED) is 0.813. The Morgan fingerprint density at radius 1 is 1.67 bits per heavy atom. The van der Waals surface area contributed by atoms with Crippen LogP contribution in [0, 0.1) is 5.92 Å². The normalized spacial score (nSPS) is 14.1. The van der Waals surface area contributed by atoms with Crippen molar-refractivity contribution in [1.82, 2.24) is 10.3 Å². The summed E-state index contributed by atoms with van der Waals surface area (Å²) in [5.74, 6) is -0.197. The zero-order chi connectivity index (χ0) is 13.7. The molecule has 0 saturated heterocycles. The summed E-state index contributed by atoms with van der Waals surface area (Å²) in [6.07, 6.45) is 1.82. The van der Waals surface area contributed by atoms with Crippen molar-refractivity contribution in [2.45, 2.75) is 26.4 Å². The van der Waals surface area contributed by atoms with Crippen LogP contribution in [0.15, 0.2) is 16.7 Å². The summed E-state index contributed by atoms with van der Waals surface area (Å²) >= 11 is 9.07. The summed E-state index contributed by atoms with van der Waals surface area (Å²) in [4.78, 5) is 15.7. The minimum Gasteiger partial charge on any atom is -0.391 e. The minimum atomic E-state index is -0.558. The molecule has 4 nitrogen and oxygen atoms in total. The van der Waals surface area contributed by atoms with Gasteiger partial charge in [-0.1, -0.05) is 31.9 Å².